The maximum Gasteiger partial charge on any atom is 0.262 e. The zero-order valence-electron chi connectivity index (χ0n) is 15.3. The summed E-state index contributed by atoms with van der Waals surface area (Å²) in [7, 11) is 0. The van der Waals surface area contributed by atoms with Crippen molar-refractivity contribution in [1.82, 2.24) is 5.32 Å². The fourth-order valence-corrected chi connectivity index (χ4v) is 2.58. The molecule has 0 fully saturated rings. The first kappa shape index (κ1) is 20.0. The molecule has 0 aliphatic carbocycles. The van der Waals surface area contributed by atoms with Gasteiger partial charge in [0.1, 0.15) is 17.4 Å². The zero-order chi connectivity index (χ0) is 20.6. The van der Waals surface area contributed by atoms with Gasteiger partial charge in [0.25, 0.3) is 11.8 Å². The molecule has 3 aromatic carbocycles. The van der Waals surface area contributed by atoms with Crippen molar-refractivity contribution < 1.29 is 23.1 Å². The molecule has 0 saturated heterocycles. The highest BCUT2D eigenvalue weighted by atomic mass is 19.1. The number of para-hydroxylation sites is 1. The SMILES string of the molecule is O=C(COc1ccccc1C(=O)NCc1ccccc1)Nc1cc(F)ccc1F. The summed E-state index contributed by atoms with van der Waals surface area (Å²) in [5, 5.41) is 5.02. The fourth-order valence-electron chi connectivity index (χ4n) is 2.58. The second-order valence-corrected chi connectivity index (χ2v) is 6.13. The second-order valence-electron chi connectivity index (χ2n) is 6.13. The lowest BCUT2D eigenvalue weighted by molar-refractivity contribution is -0.118. The van der Waals surface area contributed by atoms with Crippen LogP contribution in [0.1, 0.15) is 15.9 Å². The maximum absolute atomic E-state index is 13.6. The van der Waals surface area contributed by atoms with Crippen molar-refractivity contribution in [3.05, 3.63) is 95.6 Å². The van der Waals surface area contributed by atoms with Crippen LogP contribution in [0.15, 0.2) is 72.8 Å². The largest absolute Gasteiger partial charge is 0.483 e. The van der Waals surface area contributed by atoms with Crippen LogP contribution in [0.2, 0.25) is 0 Å². The predicted molar refractivity (Wildman–Crippen MR) is 105 cm³/mol. The third kappa shape index (κ3) is 5.62. The maximum atomic E-state index is 13.6. The summed E-state index contributed by atoms with van der Waals surface area (Å²) in [5.41, 5.74) is 0.913. The number of nitrogens with one attached hydrogen (secondary N) is 2. The number of anilines is 1. The number of halogens is 2. The Hall–Kier alpha value is -3.74. The number of carbonyl (C=O) groups excluding carboxylic acids is 2. The average molecular weight is 396 g/mol. The quantitative estimate of drug-likeness (QED) is 0.636. The van der Waals surface area contributed by atoms with Gasteiger partial charge in [-0.25, -0.2) is 8.78 Å². The molecular weight excluding hydrogens is 378 g/mol. The molecule has 0 aromatic heterocycles. The lowest BCUT2D eigenvalue weighted by atomic mass is 10.1. The lowest BCUT2D eigenvalue weighted by Gasteiger charge is -2.12. The number of amides is 2. The molecule has 2 N–H and O–H groups in total. The molecular formula is C22H18F2N2O3. The predicted octanol–water partition coefficient (Wildman–Crippen LogP) is 3.91. The molecule has 0 spiro atoms. The van der Waals surface area contributed by atoms with E-state index in [-0.39, 0.29) is 22.9 Å². The fraction of sp³-hybridized carbons (Fsp3) is 0.0909. The summed E-state index contributed by atoms with van der Waals surface area (Å²) in [4.78, 5) is 24.5. The summed E-state index contributed by atoms with van der Waals surface area (Å²) < 4.78 is 32.2. The molecule has 2 amide bonds. The van der Waals surface area contributed by atoms with Crippen molar-refractivity contribution in [1.29, 1.82) is 0 Å². The van der Waals surface area contributed by atoms with Crippen LogP contribution in [0.4, 0.5) is 14.5 Å². The van der Waals surface area contributed by atoms with E-state index in [0.29, 0.717) is 6.54 Å². The Morgan fingerprint density at radius 2 is 1.62 bits per heavy atom. The minimum atomic E-state index is -0.763. The van der Waals surface area contributed by atoms with Crippen molar-refractivity contribution >= 4 is 17.5 Å². The molecule has 5 nitrogen and oxygen atoms in total. The third-order valence-corrected chi connectivity index (χ3v) is 3.99. The van der Waals surface area contributed by atoms with Crippen molar-refractivity contribution in [2.24, 2.45) is 0 Å². The Balaban J connectivity index is 1.60. The van der Waals surface area contributed by atoms with E-state index >= 15 is 0 Å². The highest BCUT2D eigenvalue weighted by Crippen LogP contribution is 2.19. The van der Waals surface area contributed by atoms with Crippen LogP contribution in [-0.2, 0) is 11.3 Å². The number of rotatable bonds is 7. The van der Waals surface area contributed by atoms with Gasteiger partial charge in [-0.2, -0.15) is 0 Å². The first-order chi connectivity index (χ1) is 14.0. The van der Waals surface area contributed by atoms with Gasteiger partial charge in [0.05, 0.1) is 11.3 Å². The number of ether oxygens (including phenoxy) is 1. The first-order valence-electron chi connectivity index (χ1n) is 8.82. The average Bonchev–Trinajstić information content (AvgIpc) is 2.74. The molecule has 0 radical (unpaired) electrons. The molecule has 0 atom stereocenters. The minimum absolute atomic E-state index is 0.202. The molecule has 0 unspecified atom stereocenters. The normalized spacial score (nSPS) is 10.3. The van der Waals surface area contributed by atoms with E-state index in [9.17, 15) is 18.4 Å². The second kappa shape index (κ2) is 9.45. The Bertz CT molecular complexity index is 1010. The highest BCUT2D eigenvalue weighted by molar-refractivity contribution is 5.97. The van der Waals surface area contributed by atoms with Crippen molar-refractivity contribution in [2.75, 3.05) is 11.9 Å². The highest BCUT2D eigenvalue weighted by Gasteiger charge is 2.14. The van der Waals surface area contributed by atoms with Crippen LogP contribution in [-0.4, -0.2) is 18.4 Å². The van der Waals surface area contributed by atoms with Crippen molar-refractivity contribution in [2.45, 2.75) is 6.54 Å². The summed E-state index contributed by atoms with van der Waals surface area (Å²) in [6, 6.07) is 18.6. The van der Waals surface area contributed by atoms with E-state index in [1.165, 1.54) is 0 Å². The van der Waals surface area contributed by atoms with Gasteiger partial charge in [-0.1, -0.05) is 42.5 Å². The van der Waals surface area contributed by atoms with Crippen LogP contribution >= 0.6 is 0 Å². The summed E-state index contributed by atoms with van der Waals surface area (Å²) in [6.45, 7) is -0.133. The van der Waals surface area contributed by atoms with Crippen LogP contribution in [0.5, 0.6) is 5.75 Å². The standard InChI is InChI=1S/C22H18F2N2O3/c23-16-10-11-18(24)19(12-16)26-21(27)14-29-20-9-5-4-8-17(20)22(28)25-13-15-6-2-1-3-7-15/h1-12H,13-14H2,(H,25,28)(H,26,27). The third-order valence-electron chi connectivity index (χ3n) is 3.99. The van der Waals surface area contributed by atoms with Gasteiger partial charge in [-0.05, 0) is 29.8 Å². The molecule has 0 aliphatic rings. The number of carbonyl (C=O) groups is 2. The molecule has 0 bridgehead atoms. The van der Waals surface area contributed by atoms with Gasteiger partial charge in [-0.3, -0.25) is 9.59 Å². The molecule has 0 aliphatic heterocycles. The first-order valence-corrected chi connectivity index (χ1v) is 8.82. The van der Waals surface area contributed by atoms with Gasteiger partial charge >= 0.3 is 0 Å². The van der Waals surface area contributed by atoms with Crippen molar-refractivity contribution in [3.8, 4) is 5.75 Å². The molecule has 29 heavy (non-hydrogen) atoms. The number of hydrogen-bond acceptors (Lipinski definition) is 3. The van der Waals surface area contributed by atoms with Gasteiger partial charge in [0, 0.05) is 12.6 Å². The summed E-state index contributed by atoms with van der Waals surface area (Å²) >= 11 is 0. The number of benzene rings is 3. The van der Waals surface area contributed by atoms with E-state index < -0.39 is 24.1 Å². The zero-order valence-corrected chi connectivity index (χ0v) is 15.3. The molecule has 148 valence electrons. The molecule has 0 heterocycles. The Morgan fingerprint density at radius 3 is 2.41 bits per heavy atom. The summed E-state index contributed by atoms with van der Waals surface area (Å²) in [6.07, 6.45) is 0. The lowest BCUT2D eigenvalue weighted by Crippen LogP contribution is -2.25. The minimum Gasteiger partial charge on any atom is -0.483 e. The van der Waals surface area contributed by atoms with Crippen LogP contribution in [0.25, 0.3) is 0 Å². The van der Waals surface area contributed by atoms with E-state index in [0.717, 1.165) is 23.8 Å². The van der Waals surface area contributed by atoms with Crippen LogP contribution in [0, 0.1) is 11.6 Å². The van der Waals surface area contributed by atoms with Crippen molar-refractivity contribution in [3.63, 3.8) is 0 Å². The van der Waals surface area contributed by atoms with Gasteiger partial charge in [0.2, 0.25) is 0 Å². The smallest absolute Gasteiger partial charge is 0.262 e. The van der Waals surface area contributed by atoms with Gasteiger partial charge in [0.15, 0.2) is 6.61 Å². The van der Waals surface area contributed by atoms with E-state index in [1.807, 2.05) is 30.3 Å². The van der Waals surface area contributed by atoms with E-state index in [1.54, 1.807) is 24.3 Å². The van der Waals surface area contributed by atoms with Crippen LogP contribution < -0.4 is 15.4 Å². The van der Waals surface area contributed by atoms with Gasteiger partial charge < -0.3 is 15.4 Å². The molecule has 3 rings (SSSR count). The summed E-state index contributed by atoms with van der Waals surface area (Å²) in [5.74, 6) is -2.29. The van der Waals surface area contributed by atoms with E-state index in [4.69, 9.17) is 4.74 Å². The molecule has 7 heteroatoms. The Morgan fingerprint density at radius 1 is 0.897 bits per heavy atom. The van der Waals surface area contributed by atoms with E-state index in [2.05, 4.69) is 10.6 Å². The molecule has 3 aromatic rings. The Kier molecular flexibility index (Phi) is 6.52. The van der Waals surface area contributed by atoms with Crippen LogP contribution in [0.3, 0.4) is 0 Å². The van der Waals surface area contributed by atoms with Gasteiger partial charge in [-0.15, -0.1) is 0 Å². The topological polar surface area (TPSA) is 67.4 Å². The molecule has 0 saturated carbocycles. The monoisotopic (exact) mass is 396 g/mol. The Labute approximate surface area is 166 Å². The number of hydrogen-bond donors (Lipinski definition) is 2.